The standard InChI is InChI=1S/C21H18F4N4O/c1-30-20-17(22)8-13(9-27-20)11-29-7-6-18-15(12-29)10-26-19(28-18)14-2-4-16(5-3-14)21(23,24)25/h2-5,8-10H,6-7,11-12H2,1H3. The van der Waals surface area contributed by atoms with Gasteiger partial charge in [0.2, 0.25) is 5.88 Å². The predicted molar refractivity (Wildman–Crippen MR) is 101 cm³/mol. The van der Waals surface area contributed by atoms with Crippen molar-refractivity contribution < 1.29 is 22.3 Å². The first-order valence-corrected chi connectivity index (χ1v) is 9.26. The second-order valence-corrected chi connectivity index (χ2v) is 7.04. The first-order valence-electron chi connectivity index (χ1n) is 9.26. The van der Waals surface area contributed by atoms with E-state index in [4.69, 9.17) is 4.74 Å². The molecule has 0 unspecified atom stereocenters. The molecule has 4 rings (SSSR count). The zero-order valence-corrected chi connectivity index (χ0v) is 16.1. The molecule has 0 radical (unpaired) electrons. The average Bonchev–Trinajstić information content (AvgIpc) is 2.73. The van der Waals surface area contributed by atoms with Crippen LogP contribution in [-0.2, 0) is 25.7 Å². The Bertz CT molecular complexity index is 1050. The lowest BCUT2D eigenvalue weighted by molar-refractivity contribution is -0.137. The van der Waals surface area contributed by atoms with Gasteiger partial charge in [0.25, 0.3) is 0 Å². The largest absolute Gasteiger partial charge is 0.479 e. The van der Waals surface area contributed by atoms with Crippen molar-refractivity contribution in [1.82, 2.24) is 19.9 Å². The van der Waals surface area contributed by atoms with Gasteiger partial charge < -0.3 is 4.74 Å². The predicted octanol–water partition coefficient (Wildman–Crippen LogP) is 4.26. The van der Waals surface area contributed by atoms with E-state index < -0.39 is 17.6 Å². The van der Waals surface area contributed by atoms with Crippen LogP contribution < -0.4 is 4.74 Å². The summed E-state index contributed by atoms with van der Waals surface area (Å²) >= 11 is 0. The van der Waals surface area contributed by atoms with Gasteiger partial charge >= 0.3 is 6.18 Å². The number of fused-ring (bicyclic) bond motifs is 1. The third-order valence-corrected chi connectivity index (χ3v) is 4.95. The second kappa shape index (κ2) is 7.98. The molecule has 1 aliphatic heterocycles. The highest BCUT2D eigenvalue weighted by atomic mass is 19.4. The van der Waals surface area contributed by atoms with Gasteiger partial charge in [-0.15, -0.1) is 0 Å². The number of pyridine rings is 1. The van der Waals surface area contributed by atoms with Crippen LogP contribution in [-0.4, -0.2) is 33.5 Å². The number of hydrogen-bond donors (Lipinski definition) is 0. The van der Waals surface area contributed by atoms with Crippen LogP contribution in [0.5, 0.6) is 5.88 Å². The van der Waals surface area contributed by atoms with Crippen molar-refractivity contribution in [1.29, 1.82) is 0 Å². The molecule has 1 aliphatic rings. The fraction of sp³-hybridized carbons (Fsp3) is 0.286. The van der Waals surface area contributed by atoms with Crippen LogP contribution >= 0.6 is 0 Å². The molecule has 0 N–H and O–H groups in total. The van der Waals surface area contributed by atoms with Gasteiger partial charge in [-0.25, -0.2) is 19.3 Å². The average molecular weight is 418 g/mol. The fourth-order valence-electron chi connectivity index (χ4n) is 3.42. The third kappa shape index (κ3) is 4.25. The number of methoxy groups -OCH3 is 1. The van der Waals surface area contributed by atoms with E-state index in [1.165, 1.54) is 25.3 Å². The Kier molecular flexibility index (Phi) is 5.38. The van der Waals surface area contributed by atoms with Crippen molar-refractivity contribution >= 4 is 0 Å². The molecule has 30 heavy (non-hydrogen) atoms. The molecule has 0 saturated heterocycles. The number of alkyl halides is 3. The molecular weight excluding hydrogens is 400 g/mol. The number of ether oxygens (including phenoxy) is 1. The minimum Gasteiger partial charge on any atom is -0.479 e. The molecule has 0 fully saturated rings. The zero-order valence-electron chi connectivity index (χ0n) is 16.1. The lowest BCUT2D eigenvalue weighted by Crippen LogP contribution is -2.31. The van der Waals surface area contributed by atoms with E-state index in [0.717, 1.165) is 29.0 Å². The smallest absolute Gasteiger partial charge is 0.416 e. The number of nitrogens with zero attached hydrogens (tertiary/aromatic N) is 4. The van der Waals surface area contributed by atoms with Crippen LogP contribution in [0.4, 0.5) is 17.6 Å². The molecule has 2 aromatic heterocycles. The van der Waals surface area contributed by atoms with E-state index in [0.29, 0.717) is 37.4 Å². The van der Waals surface area contributed by atoms with Crippen molar-refractivity contribution in [2.75, 3.05) is 13.7 Å². The van der Waals surface area contributed by atoms with E-state index in [2.05, 4.69) is 19.9 Å². The maximum absolute atomic E-state index is 13.9. The topological polar surface area (TPSA) is 51.1 Å². The van der Waals surface area contributed by atoms with E-state index >= 15 is 0 Å². The Labute approximate surface area is 170 Å². The molecular formula is C21H18F4N4O. The molecule has 0 atom stereocenters. The Morgan fingerprint density at radius 2 is 1.87 bits per heavy atom. The maximum Gasteiger partial charge on any atom is 0.416 e. The van der Waals surface area contributed by atoms with Gasteiger partial charge in [0.15, 0.2) is 11.6 Å². The number of benzene rings is 1. The van der Waals surface area contributed by atoms with Crippen molar-refractivity contribution in [2.24, 2.45) is 0 Å². The van der Waals surface area contributed by atoms with Crippen LogP contribution in [0.25, 0.3) is 11.4 Å². The Balaban J connectivity index is 1.47. The minimum atomic E-state index is -4.37. The molecule has 0 bridgehead atoms. The molecule has 0 amide bonds. The molecule has 3 aromatic rings. The number of aromatic nitrogens is 3. The van der Waals surface area contributed by atoms with Gasteiger partial charge in [-0.3, -0.25) is 4.90 Å². The number of hydrogen-bond acceptors (Lipinski definition) is 5. The van der Waals surface area contributed by atoms with Crippen LogP contribution in [0.15, 0.2) is 42.7 Å². The summed E-state index contributed by atoms with van der Waals surface area (Å²) in [7, 11) is 1.37. The van der Waals surface area contributed by atoms with Crippen molar-refractivity contribution in [3.8, 4) is 17.3 Å². The summed E-state index contributed by atoms with van der Waals surface area (Å²) in [4.78, 5) is 15.0. The van der Waals surface area contributed by atoms with E-state index in [1.54, 1.807) is 12.4 Å². The number of rotatable bonds is 4. The summed E-state index contributed by atoms with van der Waals surface area (Å²) in [5.74, 6) is -0.138. The van der Waals surface area contributed by atoms with Gasteiger partial charge in [0, 0.05) is 49.6 Å². The van der Waals surface area contributed by atoms with Crippen molar-refractivity contribution in [3.63, 3.8) is 0 Å². The highest BCUT2D eigenvalue weighted by Crippen LogP contribution is 2.30. The molecule has 0 spiro atoms. The van der Waals surface area contributed by atoms with Gasteiger partial charge in [0.05, 0.1) is 18.4 Å². The van der Waals surface area contributed by atoms with Crippen LogP contribution in [0.1, 0.15) is 22.4 Å². The van der Waals surface area contributed by atoms with E-state index in [1.807, 2.05) is 0 Å². The van der Waals surface area contributed by atoms with Gasteiger partial charge in [-0.05, 0) is 23.8 Å². The maximum atomic E-state index is 13.9. The summed E-state index contributed by atoms with van der Waals surface area (Å²) in [6, 6.07) is 6.23. The minimum absolute atomic E-state index is 0.0352. The molecule has 3 heterocycles. The van der Waals surface area contributed by atoms with Crippen LogP contribution in [0, 0.1) is 5.82 Å². The highest BCUT2D eigenvalue weighted by molar-refractivity contribution is 5.56. The summed E-state index contributed by atoms with van der Waals surface area (Å²) < 4.78 is 56.9. The summed E-state index contributed by atoms with van der Waals surface area (Å²) in [6.07, 6.45) is -0.422. The van der Waals surface area contributed by atoms with Gasteiger partial charge in [0.1, 0.15) is 0 Å². The molecule has 0 aliphatic carbocycles. The highest BCUT2D eigenvalue weighted by Gasteiger charge is 2.30. The third-order valence-electron chi connectivity index (χ3n) is 4.95. The van der Waals surface area contributed by atoms with Crippen LogP contribution in [0.3, 0.4) is 0 Å². The quantitative estimate of drug-likeness (QED) is 0.593. The SMILES string of the molecule is COc1ncc(CN2CCc3nc(-c4ccc(C(F)(F)F)cc4)ncc3C2)cc1F. The lowest BCUT2D eigenvalue weighted by atomic mass is 10.1. The zero-order chi connectivity index (χ0) is 21.3. The fourth-order valence-corrected chi connectivity index (χ4v) is 3.42. The molecule has 0 saturated carbocycles. The Hall–Kier alpha value is -3.07. The molecule has 1 aromatic carbocycles. The summed E-state index contributed by atoms with van der Waals surface area (Å²) in [6.45, 7) is 1.83. The molecule has 5 nitrogen and oxygen atoms in total. The van der Waals surface area contributed by atoms with E-state index in [9.17, 15) is 17.6 Å². The first-order chi connectivity index (χ1) is 14.3. The van der Waals surface area contributed by atoms with Crippen molar-refractivity contribution in [3.05, 3.63) is 70.9 Å². The monoisotopic (exact) mass is 418 g/mol. The lowest BCUT2D eigenvalue weighted by Gasteiger charge is -2.28. The Morgan fingerprint density at radius 3 is 2.53 bits per heavy atom. The second-order valence-electron chi connectivity index (χ2n) is 7.04. The van der Waals surface area contributed by atoms with Crippen LogP contribution in [0.2, 0.25) is 0 Å². The normalized spacial score (nSPS) is 14.4. The van der Waals surface area contributed by atoms with Gasteiger partial charge in [-0.1, -0.05) is 12.1 Å². The van der Waals surface area contributed by atoms with Crippen molar-refractivity contribution in [2.45, 2.75) is 25.7 Å². The molecule has 156 valence electrons. The van der Waals surface area contributed by atoms with E-state index in [-0.39, 0.29) is 5.88 Å². The van der Waals surface area contributed by atoms with Gasteiger partial charge in [-0.2, -0.15) is 13.2 Å². The Morgan fingerprint density at radius 1 is 1.10 bits per heavy atom. The molecule has 9 heteroatoms. The first kappa shape index (κ1) is 20.2. The number of halogens is 4. The summed E-state index contributed by atoms with van der Waals surface area (Å²) in [5.41, 5.74) is 2.38. The summed E-state index contributed by atoms with van der Waals surface area (Å²) in [5, 5.41) is 0.